The molecule has 0 atom stereocenters. The second-order valence-corrected chi connectivity index (χ2v) is 6.50. The number of fused-ring (bicyclic) bond motifs is 3. The fourth-order valence-corrected chi connectivity index (χ4v) is 3.51. The van der Waals surface area contributed by atoms with Crippen LogP contribution in [0.25, 0.3) is 10.9 Å². The van der Waals surface area contributed by atoms with Crippen molar-refractivity contribution in [1.82, 2.24) is 14.9 Å². The quantitative estimate of drug-likeness (QED) is 0.423. The van der Waals surface area contributed by atoms with Gasteiger partial charge in [0.05, 0.1) is 12.0 Å². The molecule has 0 radical (unpaired) electrons. The van der Waals surface area contributed by atoms with Gasteiger partial charge in [0.15, 0.2) is 0 Å². The molecule has 2 heterocycles. The summed E-state index contributed by atoms with van der Waals surface area (Å²) in [6.07, 6.45) is 0.164. The van der Waals surface area contributed by atoms with Gasteiger partial charge in [0, 0.05) is 35.8 Å². The molecule has 0 spiro atoms. The highest BCUT2D eigenvalue weighted by atomic mass is 16.5. The van der Waals surface area contributed by atoms with Crippen molar-refractivity contribution in [1.29, 1.82) is 0 Å². The predicted octanol–water partition coefficient (Wildman–Crippen LogP) is 1.96. The molecule has 3 aromatic rings. The monoisotopic (exact) mass is 363 g/mol. The summed E-state index contributed by atoms with van der Waals surface area (Å²) in [7, 11) is 1.50. The lowest BCUT2D eigenvalue weighted by molar-refractivity contribution is -0.127. The molecule has 136 valence electrons. The molecule has 0 fully saturated rings. The first-order valence-electron chi connectivity index (χ1n) is 8.45. The van der Waals surface area contributed by atoms with Crippen LogP contribution in [0.15, 0.2) is 48.5 Å². The minimum atomic E-state index is -0.579. The molecule has 2 aromatic carbocycles. The number of hydroxylamine groups is 1. The summed E-state index contributed by atoms with van der Waals surface area (Å²) in [6.45, 7) is 0.459. The van der Waals surface area contributed by atoms with E-state index in [9.17, 15) is 14.4 Å². The number of rotatable bonds is 3. The Morgan fingerprint density at radius 2 is 1.81 bits per heavy atom. The van der Waals surface area contributed by atoms with E-state index >= 15 is 0 Å². The number of para-hydroxylation sites is 1. The SMILES string of the molecule is CN1C(=O)Cc2c(c3ccccc3n2Cc2ccc(C(=O)NO)cc2)C1=O. The predicted molar refractivity (Wildman–Crippen MR) is 97.5 cm³/mol. The molecule has 1 aliphatic heterocycles. The van der Waals surface area contributed by atoms with Crippen LogP contribution in [0.1, 0.15) is 32.0 Å². The van der Waals surface area contributed by atoms with E-state index in [1.165, 1.54) is 11.9 Å². The Hall–Kier alpha value is -3.45. The van der Waals surface area contributed by atoms with E-state index in [4.69, 9.17) is 5.21 Å². The number of carbonyl (C=O) groups is 3. The molecule has 27 heavy (non-hydrogen) atoms. The number of benzene rings is 2. The number of nitrogens with zero attached hydrogens (tertiary/aromatic N) is 2. The van der Waals surface area contributed by atoms with Crippen LogP contribution in [0.3, 0.4) is 0 Å². The number of hydrogen-bond donors (Lipinski definition) is 2. The van der Waals surface area contributed by atoms with Gasteiger partial charge in [0.25, 0.3) is 11.8 Å². The third kappa shape index (κ3) is 2.69. The molecule has 7 heteroatoms. The minimum Gasteiger partial charge on any atom is -0.339 e. The highest BCUT2D eigenvalue weighted by molar-refractivity contribution is 6.16. The Kier molecular flexibility index (Phi) is 4.01. The number of carbonyl (C=O) groups excluding carboxylic acids is 3. The van der Waals surface area contributed by atoms with Gasteiger partial charge in [-0.2, -0.15) is 0 Å². The van der Waals surface area contributed by atoms with E-state index in [-0.39, 0.29) is 18.2 Å². The van der Waals surface area contributed by atoms with Gasteiger partial charge in [0.2, 0.25) is 5.91 Å². The van der Waals surface area contributed by atoms with Crippen molar-refractivity contribution in [3.05, 3.63) is 70.9 Å². The Morgan fingerprint density at radius 1 is 1.11 bits per heavy atom. The number of hydrogen-bond acceptors (Lipinski definition) is 4. The van der Waals surface area contributed by atoms with Gasteiger partial charge in [-0.15, -0.1) is 0 Å². The van der Waals surface area contributed by atoms with E-state index < -0.39 is 5.91 Å². The van der Waals surface area contributed by atoms with Crippen LogP contribution in [0.5, 0.6) is 0 Å². The fourth-order valence-electron chi connectivity index (χ4n) is 3.51. The largest absolute Gasteiger partial charge is 0.339 e. The van der Waals surface area contributed by atoms with Crippen LogP contribution in [0.2, 0.25) is 0 Å². The summed E-state index contributed by atoms with van der Waals surface area (Å²) in [5.41, 5.74) is 5.02. The maximum atomic E-state index is 12.7. The number of aromatic nitrogens is 1. The minimum absolute atomic E-state index is 0.164. The van der Waals surface area contributed by atoms with Crippen LogP contribution in [0.4, 0.5) is 0 Å². The Labute approximate surface area is 154 Å². The Balaban J connectivity index is 1.81. The van der Waals surface area contributed by atoms with E-state index in [1.54, 1.807) is 29.7 Å². The molecule has 0 unspecified atom stereocenters. The van der Waals surface area contributed by atoms with E-state index in [1.807, 2.05) is 28.8 Å². The van der Waals surface area contributed by atoms with Gasteiger partial charge in [0.1, 0.15) is 0 Å². The van der Waals surface area contributed by atoms with E-state index in [0.717, 1.165) is 16.5 Å². The van der Waals surface area contributed by atoms with Gasteiger partial charge in [-0.25, -0.2) is 5.48 Å². The molecule has 0 bridgehead atoms. The van der Waals surface area contributed by atoms with E-state index in [0.29, 0.717) is 23.4 Å². The van der Waals surface area contributed by atoms with Gasteiger partial charge in [-0.1, -0.05) is 30.3 Å². The lowest BCUT2D eigenvalue weighted by Gasteiger charge is -2.22. The highest BCUT2D eigenvalue weighted by Gasteiger charge is 2.33. The zero-order valence-electron chi connectivity index (χ0n) is 14.6. The summed E-state index contributed by atoms with van der Waals surface area (Å²) < 4.78 is 1.98. The third-order valence-corrected chi connectivity index (χ3v) is 4.95. The number of amides is 3. The lowest BCUT2D eigenvalue weighted by Crippen LogP contribution is -2.39. The second kappa shape index (κ2) is 6.37. The summed E-state index contributed by atoms with van der Waals surface area (Å²) in [5, 5.41) is 9.54. The summed E-state index contributed by atoms with van der Waals surface area (Å²) in [4.78, 5) is 37.5. The maximum Gasteiger partial charge on any atom is 0.274 e. The standard InChI is InChI=1S/C20H17N3O4/c1-22-17(24)10-16-18(20(22)26)14-4-2-3-5-15(14)23(16)11-12-6-8-13(9-7-12)19(25)21-27/h2-9,27H,10-11H2,1H3,(H,21,25). The molecule has 0 saturated heterocycles. The van der Waals surface area contributed by atoms with Crippen molar-refractivity contribution in [3.63, 3.8) is 0 Å². The first-order valence-corrected chi connectivity index (χ1v) is 8.45. The van der Waals surface area contributed by atoms with E-state index in [2.05, 4.69) is 0 Å². The average molecular weight is 363 g/mol. The Morgan fingerprint density at radius 3 is 2.52 bits per heavy atom. The summed E-state index contributed by atoms with van der Waals surface area (Å²) >= 11 is 0. The molecular weight excluding hydrogens is 346 g/mol. The zero-order valence-corrected chi connectivity index (χ0v) is 14.6. The molecule has 3 amide bonds. The smallest absolute Gasteiger partial charge is 0.274 e. The van der Waals surface area contributed by atoms with Crippen molar-refractivity contribution in [2.75, 3.05) is 7.05 Å². The first kappa shape index (κ1) is 17.0. The normalized spacial score (nSPS) is 13.8. The number of nitrogens with one attached hydrogen (secondary N) is 1. The van der Waals surface area contributed by atoms with Gasteiger partial charge in [-0.3, -0.25) is 24.5 Å². The zero-order chi connectivity index (χ0) is 19.1. The van der Waals surface area contributed by atoms with Crippen LogP contribution >= 0.6 is 0 Å². The molecule has 7 nitrogen and oxygen atoms in total. The van der Waals surface area contributed by atoms with Crippen LogP contribution in [0, 0.1) is 0 Å². The average Bonchev–Trinajstić information content (AvgIpc) is 2.99. The van der Waals surface area contributed by atoms with Gasteiger partial charge in [-0.05, 0) is 23.8 Å². The molecule has 4 rings (SSSR count). The Bertz CT molecular complexity index is 1080. The van der Waals surface area contributed by atoms with Gasteiger partial charge < -0.3 is 4.57 Å². The molecular formula is C20H17N3O4. The van der Waals surface area contributed by atoms with Gasteiger partial charge >= 0.3 is 0 Å². The van der Waals surface area contributed by atoms with Crippen LogP contribution in [-0.2, 0) is 17.8 Å². The first-order chi connectivity index (χ1) is 13.0. The number of imide groups is 1. The summed E-state index contributed by atoms with van der Waals surface area (Å²) in [6, 6.07) is 14.4. The topological polar surface area (TPSA) is 91.6 Å². The molecule has 0 aliphatic carbocycles. The lowest BCUT2D eigenvalue weighted by atomic mass is 10.0. The highest BCUT2D eigenvalue weighted by Crippen LogP contribution is 2.31. The van der Waals surface area contributed by atoms with Crippen LogP contribution in [-0.4, -0.2) is 39.4 Å². The molecule has 1 aliphatic rings. The second-order valence-electron chi connectivity index (χ2n) is 6.50. The molecule has 2 N–H and O–H groups in total. The van der Waals surface area contributed by atoms with Crippen LogP contribution < -0.4 is 5.48 Å². The van der Waals surface area contributed by atoms with Crippen molar-refractivity contribution < 1.29 is 19.6 Å². The third-order valence-electron chi connectivity index (χ3n) is 4.95. The van der Waals surface area contributed by atoms with Crippen molar-refractivity contribution >= 4 is 28.6 Å². The van der Waals surface area contributed by atoms with Crippen molar-refractivity contribution in [2.24, 2.45) is 0 Å². The summed E-state index contributed by atoms with van der Waals surface area (Å²) in [5.74, 6) is -1.10. The van der Waals surface area contributed by atoms with Crippen molar-refractivity contribution in [2.45, 2.75) is 13.0 Å². The van der Waals surface area contributed by atoms with Crippen molar-refractivity contribution in [3.8, 4) is 0 Å². The molecule has 0 saturated carbocycles. The number of likely N-dealkylation sites (N-methyl/N-ethyl adjacent to an activating group) is 1. The maximum absolute atomic E-state index is 12.7. The molecule has 1 aromatic heterocycles. The fraction of sp³-hybridized carbons (Fsp3) is 0.150.